The SMILES string of the molecule is Cc1nnc2n1N[C@H](c1ccc(F)cc1)[C@@H](C(=O)Nc1ccc(Cl)cc1)S2. The smallest absolute Gasteiger partial charge is 0.240 e. The molecule has 1 aliphatic heterocycles. The first-order chi connectivity index (χ1) is 13.0. The Bertz CT molecular complexity index is 976. The molecule has 1 aliphatic rings. The largest absolute Gasteiger partial charge is 0.325 e. The second-order valence-corrected chi connectivity index (χ2v) is 7.60. The van der Waals surface area contributed by atoms with Gasteiger partial charge in [-0.25, -0.2) is 9.07 Å². The highest BCUT2D eigenvalue weighted by Gasteiger charge is 2.37. The van der Waals surface area contributed by atoms with Gasteiger partial charge in [-0.3, -0.25) is 4.79 Å². The molecule has 0 saturated heterocycles. The van der Waals surface area contributed by atoms with E-state index < -0.39 is 5.25 Å². The van der Waals surface area contributed by atoms with Crippen LogP contribution in [0, 0.1) is 12.7 Å². The van der Waals surface area contributed by atoms with E-state index in [1.165, 1.54) is 23.9 Å². The molecule has 0 unspecified atom stereocenters. The zero-order valence-electron chi connectivity index (χ0n) is 14.2. The van der Waals surface area contributed by atoms with E-state index in [0.717, 1.165) is 5.56 Å². The van der Waals surface area contributed by atoms with E-state index in [9.17, 15) is 9.18 Å². The monoisotopic (exact) mass is 403 g/mol. The number of hydrogen-bond acceptors (Lipinski definition) is 5. The van der Waals surface area contributed by atoms with Gasteiger partial charge < -0.3 is 10.7 Å². The van der Waals surface area contributed by atoms with Crippen molar-refractivity contribution in [1.29, 1.82) is 0 Å². The van der Waals surface area contributed by atoms with E-state index in [1.807, 2.05) is 6.92 Å². The molecule has 6 nitrogen and oxygen atoms in total. The number of halogens is 2. The molecule has 0 saturated carbocycles. The summed E-state index contributed by atoms with van der Waals surface area (Å²) in [6.45, 7) is 1.82. The van der Waals surface area contributed by atoms with Crippen LogP contribution in [0.5, 0.6) is 0 Å². The van der Waals surface area contributed by atoms with Crippen LogP contribution in [0.2, 0.25) is 5.02 Å². The van der Waals surface area contributed by atoms with E-state index in [2.05, 4.69) is 20.9 Å². The summed E-state index contributed by atoms with van der Waals surface area (Å²) in [5.74, 6) is 0.155. The molecule has 2 atom stereocenters. The summed E-state index contributed by atoms with van der Waals surface area (Å²) < 4.78 is 15.1. The van der Waals surface area contributed by atoms with Crippen LogP contribution in [0.25, 0.3) is 0 Å². The third-order valence-electron chi connectivity index (χ3n) is 4.20. The van der Waals surface area contributed by atoms with Gasteiger partial charge in [-0.2, -0.15) is 0 Å². The van der Waals surface area contributed by atoms with Crippen LogP contribution in [0.3, 0.4) is 0 Å². The molecule has 4 rings (SSSR count). The Morgan fingerprint density at radius 2 is 1.89 bits per heavy atom. The van der Waals surface area contributed by atoms with Crippen molar-refractivity contribution in [3.8, 4) is 0 Å². The molecule has 138 valence electrons. The van der Waals surface area contributed by atoms with Gasteiger partial charge >= 0.3 is 0 Å². The van der Waals surface area contributed by atoms with Gasteiger partial charge in [-0.1, -0.05) is 35.5 Å². The maximum Gasteiger partial charge on any atom is 0.240 e. The van der Waals surface area contributed by atoms with Crippen LogP contribution >= 0.6 is 23.4 Å². The number of thioether (sulfide) groups is 1. The van der Waals surface area contributed by atoms with Crippen molar-refractivity contribution in [3.05, 3.63) is 70.8 Å². The molecule has 0 radical (unpaired) electrons. The van der Waals surface area contributed by atoms with E-state index in [1.54, 1.807) is 41.1 Å². The minimum atomic E-state index is -0.526. The predicted octanol–water partition coefficient (Wildman–Crippen LogP) is 3.78. The molecule has 1 aromatic heterocycles. The molecule has 0 aliphatic carbocycles. The van der Waals surface area contributed by atoms with Gasteiger partial charge in [-0.15, -0.1) is 10.2 Å². The lowest BCUT2D eigenvalue weighted by Gasteiger charge is -2.32. The topological polar surface area (TPSA) is 71.8 Å². The highest BCUT2D eigenvalue weighted by molar-refractivity contribution is 8.00. The number of aromatic nitrogens is 3. The van der Waals surface area contributed by atoms with Crippen molar-refractivity contribution in [1.82, 2.24) is 14.9 Å². The van der Waals surface area contributed by atoms with Gasteiger partial charge in [0.15, 0.2) is 0 Å². The van der Waals surface area contributed by atoms with E-state index in [0.29, 0.717) is 21.7 Å². The predicted molar refractivity (Wildman–Crippen MR) is 103 cm³/mol. The average Bonchev–Trinajstić information content (AvgIpc) is 3.03. The second-order valence-electron chi connectivity index (χ2n) is 6.06. The van der Waals surface area contributed by atoms with E-state index in [-0.39, 0.29) is 17.8 Å². The number of rotatable bonds is 3. The van der Waals surface area contributed by atoms with Gasteiger partial charge in [0.1, 0.15) is 16.9 Å². The van der Waals surface area contributed by atoms with Crippen LogP contribution in [0.4, 0.5) is 10.1 Å². The number of hydrogen-bond donors (Lipinski definition) is 2. The molecule has 0 fully saturated rings. The first-order valence-electron chi connectivity index (χ1n) is 8.18. The van der Waals surface area contributed by atoms with Crippen molar-refractivity contribution < 1.29 is 9.18 Å². The molecule has 3 aromatic rings. The maximum absolute atomic E-state index is 13.3. The van der Waals surface area contributed by atoms with E-state index >= 15 is 0 Å². The Morgan fingerprint density at radius 1 is 1.19 bits per heavy atom. The highest BCUT2D eigenvalue weighted by atomic mass is 35.5. The van der Waals surface area contributed by atoms with Crippen molar-refractivity contribution >= 4 is 35.0 Å². The number of nitrogens with zero attached hydrogens (tertiary/aromatic N) is 3. The van der Waals surface area contributed by atoms with Gasteiger partial charge in [0.2, 0.25) is 11.1 Å². The molecule has 2 heterocycles. The summed E-state index contributed by atoms with van der Waals surface area (Å²) >= 11 is 7.21. The minimum absolute atomic E-state index is 0.198. The fourth-order valence-corrected chi connectivity index (χ4v) is 4.08. The quantitative estimate of drug-likeness (QED) is 0.696. The molecular formula is C18H15ClFN5OS. The second kappa shape index (κ2) is 7.21. The highest BCUT2D eigenvalue weighted by Crippen LogP contribution is 2.37. The first-order valence-corrected chi connectivity index (χ1v) is 9.44. The molecule has 2 N–H and O–H groups in total. The van der Waals surface area contributed by atoms with Crippen LogP contribution in [0.15, 0.2) is 53.7 Å². The Morgan fingerprint density at radius 3 is 2.59 bits per heavy atom. The van der Waals surface area contributed by atoms with Gasteiger partial charge in [-0.05, 0) is 48.9 Å². The minimum Gasteiger partial charge on any atom is -0.325 e. The Kier molecular flexibility index (Phi) is 4.75. The van der Waals surface area contributed by atoms with Crippen LogP contribution < -0.4 is 10.7 Å². The number of amides is 1. The summed E-state index contributed by atoms with van der Waals surface area (Å²) in [4.78, 5) is 13.0. The van der Waals surface area contributed by atoms with Crippen LogP contribution in [-0.4, -0.2) is 26.0 Å². The van der Waals surface area contributed by atoms with Crippen molar-refractivity contribution in [2.24, 2.45) is 0 Å². The number of anilines is 1. The standard InChI is InChI=1S/C18H15ClFN5OS/c1-10-22-23-18-25(10)24-15(11-2-6-13(20)7-3-11)16(27-18)17(26)21-14-8-4-12(19)5-9-14/h2-9,15-16,24H,1H3,(H,21,26)/t15-,16+/m1/s1. The van der Waals surface area contributed by atoms with Crippen LogP contribution in [-0.2, 0) is 4.79 Å². The lowest BCUT2D eigenvalue weighted by molar-refractivity contribution is -0.116. The first kappa shape index (κ1) is 17.8. The summed E-state index contributed by atoms with van der Waals surface area (Å²) in [5.41, 5.74) is 4.71. The normalized spacial score (nSPS) is 18.5. The van der Waals surface area contributed by atoms with Gasteiger partial charge in [0, 0.05) is 10.7 Å². The van der Waals surface area contributed by atoms with Gasteiger partial charge in [0.25, 0.3) is 0 Å². The molecular weight excluding hydrogens is 389 g/mol. The zero-order chi connectivity index (χ0) is 19.0. The number of carbonyl (C=O) groups is 1. The average molecular weight is 404 g/mol. The summed E-state index contributed by atoms with van der Waals surface area (Å²) in [5, 5.41) is 11.7. The molecule has 1 amide bonds. The number of nitrogens with one attached hydrogen (secondary N) is 2. The number of benzene rings is 2. The van der Waals surface area contributed by atoms with Crippen molar-refractivity contribution in [3.63, 3.8) is 0 Å². The van der Waals surface area contributed by atoms with Crippen molar-refractivity contribution in [2.45, 2.75) is 23.4 Å². The maximum atomic E-state index is 13.3. The Labute approximate surface area is 164 Å². The fourth-order valence-electron chi connectivity index (χ4n) is 2.83. The number of carbonyl (C=O) groups excluding carboxylic acids is 1. The van der Waals surface area contributed by atoms with Gasteiger partial charge in [0.05, 0.1) is 6.04 Å². The molecule has 27 heavy (non-hydrogen) atoms. The molecule has 2 aromatic carbocycles. The Balaban J connectivity index is 1.65. The van der Waals surface area contributed by atoms with Crippen LogP contribution in [0.1, 0.15) is 17.4 Å². The molecule has 0 bridgehead atoms. The summed E-state index contributed by atoms with van der Waals surface area (Å²) in [6, 6.07) is 12.6. The third-order valence-corrected chi connectivity index (χ3v) is 5.66. The molecule has 0 spiro atoms. The van der Waals surface area contributed by atoms with Crippen molar-refractivity contribution in [2.75, 3.05) is 10.7 Å². The lowest BCUT2D eigenvalue weighted by Crippen LogP contribution is -2.41. The fraction of sp³-hybridized carbons (Fsp3) is 0.167. The number of aryl methyl sites for hydroxylation is 1. The third kappa shape index (κ3) is 3.63. The lowest BCUT2D eigenvalue weighted by atomic mass is 10.0. The molecule has 9 heteroatoms. The Hall–Kier alpha value is -2.58. The zero-order valence-corrected chi connectivity index (χ0v) is 15.8. The number of fused-ring (bicyclic) bond motifs is 1. The summed E-state index contributed by atoms with van der Waals surface area (Å²) in [6.07, 6.45) is 0. The summed E-state index contributed by atoms with van der Waals surface area (Å²) in [7, 11) is 0. The van der Waals surface area contributed by atoms with E-state index in [4.69, 9.17) is 11.6 Å².